The van der Waals surface area contributed by atoms with E-state index in [-0.39, 0.29) is 11.9 Å². The molecule has 5 heteroatoms. The number of esters is 1. The number of unbranched alkanes of at least 4 members (excludes halogenated alkanes) is 4. The predicted molar refractivity (Wildman–Crippen MR) is 94.9 cm³/mol. The Balaban J connectivity index is 2.43. The molecule has 1 N–H and O–H groups in total. The molecule has 0 aromatic carbocycles. The van der Waals surface area contributed by atoms with E-state index in [1.54, 1.807) is 0 Å². The first-order valence-electron chi connectivity index (χ1n) is 9.79. The molecule has 1 aliphatic rings. The third kappa shape index (κ3) is 8.55. The Kier molecular flexibility index (Phi) is 11.3. The summed E-state index contributed by atoms with van der Waals surface area (Å²) >= 11 is 0. The summed E-state index contributed by atoms with van der Waals surface area (Å²) in [6.45, 7) is 4.93. The molecular weight excluding hydrogens is 306 g/mol. The number of nitrogens with one attached hydrogen (secondary N) is 1. The van der Waals surface area contributed by atoms with Crippen molar-refractivity contribution in [2.24, 2.45) is 5.92 Å². The minimum atomic E-state index is -0.565. The van der Waals surface area contributed by atoms with E-state index in [2.05, 4.69) is 12.2 Å². The zero-order valence-corrected chi connectivity index (χ0v) is 15.5. The maximum absolute atomic E-state index is 12.4. The Morgan fingerprint density at radius 3 is 2.29 bits per heavy atom. The highest BCUT2D eigenvalue weighted by atomic mass is 16.6. The largest absolute Gasteiger partial charge is 0.464 e. The molecule has 0 aromatic heterocycles. The van der Waals surface area contributed by atoms with Gasteiger partial charge in [0.05, 0.1) is 13.2 Å². The lowest BCUT2D eigenvalue weighted by molar-refractivity contribution is -0.148. The van der Waals surface area contributed by atoms with Gasteiger partial charge in [-0.05, 0) is 31.6 Å². The number of carbonyl (C=O) groups is 2. The van der Waals surface area contributed by atoms with Crippen LogP contribution in [-0.2, 0) is 14.3 Å². The summed E-state index contributed by atoms with van der Waals surface area (Å²) in [7, 11) is 0. The van der Waals surface area contributed by atoms with E-state index in [9.17, 15) is 9.59 Å². The highest BCUT2D eigenvalue weighted by Crippen LogP contribution is 2.27. The van der Waals surface area contributed by atoms with Crippen LogP contribution in [0, 0.1) is 5.92 Å². The van der Waals surface area contributed by atoms with Gasteiger partial charge >= 0.3 is 12.1 Å². The maximum Gasteiger partial charge on any atom is 0.407 e. The molecule has 0 aliphatic heterocycles. The first kappa shape index (κ1) is 20.8. The molecule has 5 nitrogen and oxygen atoms in total. The minimum Gasteiger partial charge on any atom is -0.464 e. The number of amides is 1. The number of rotatable bonds is 11. The highest BCUT2D eigenvalue weighted by molar-refractivity contribution is 5.81. The van der Waals surface area contributed by atoms with E-state index in [1.165, 1.54) is 25.7 Å². The summed E-state index contributed by atoms with van der Waals surface area (Å²) in [5, 5.41) is 2.75. The molecule has 1 rings (SSSR count). The van der Waals surface area contributed by atoms with Gasteiger partial charge in [-0.15, -0.1) is 0 Å². The second-order valence-corrected chi connectivity index (χ2v) is 6.74. The van der Waals surface area contributed by atoms with Gasteiger partial charge in [0.15, 0.2) is 0 Å². The Hall–Kier alpha value is -1.26. The van der Waals surface area contributed by atoms with Crippen LogP contribution >= 0.6 is 0 Å². The third-order valence-corrected chi connectivity index (χ3v) is 4.58. The van der Waals surface area contributed by atoms with Crippen LogP contribution in [0.25, 0.3) is 0 Å². The quantitative estimate of drug-likeness (QED) is 0.441. The van der Waals surface area contributed by atoms with Crippen molar-refractivity contribution < 1.29 is 19.1 Å². The van der Waals surface area contributed by atoms with Crippen molar-refractivity contribution in [2.75, 3.05) is 13.2 Å². The van der Waals surface area contributed by atoms with Gasteiger partial charge < -0.3 is 14.8 Å². The highest BCUT2D eigenvalue weighted by Gasteiger charge is 2.32. The molecule has 0 radical (unpaired) electrons. The predicted octanol–water partition coefficient (Wildman–Crippen LogP) is 4.59. The third-order valence-electron chi connectivity index (χ3n) is 4.58. The molecule has 140 valence electrons. The summed E-state index contributed by atoms with van der Waals surface area (Å²) in [5.74, 6) is -0.133. The lowest BCUT2D eigenvalue weighted by atomic mass is 9.84. The molecule has 0 spiro atoms. The lowest BCUT2D eigenvalue weighted by Gasteiger charge is -2.29. The Bertz CT molecular complexity index is 353. The van der Waals surface area contributed by atoms with E-state index in [4.69, 9.17) is 9.47 Å². The van der Waals surface area contributed by atoms with Gasteiger partial charge in [-0.3, -0.25) is 0 Å². The Morgan fingerprint density at radius 1 is 0.917 bits per heavy atom. The van der Waals surface area contributed by atoms with Gasteiger partial charge in [0.2, 0.25) is 0 Å². The van der Waals surface area contributed by atoms with Crippen molar-refractivity contribution in [2.45, 2.75) is 90.5 Å². The molecule has 24 heavy (non-hydrogen) atoms. The van der Waals surface area contributed by atoms with Crippen LogP contribution in [-0.4, -0.2) is 31.3 Å². The van der Waals surface area contributed by atoms with Crippen molar-refractivity contribution in [3.8, 4) is 0 Å². The van der Waals surface area contributed by atoms with E-state index in [1.807, 2.05) is 6.92 Å². The first-order chi connectivity index (χ1) is 11.7. The smallest absolute Gasteiger partial charge is 0.407 e. The first-order valence-corrected chi connectivity index (χ1v) is 9.79. The topological polar surface area (TPSA) is 64.6 Å². The average molecular weight is 341 g/mol. The second kappa shape index (κ2) is 13.1. The Morgan fingerprint density at radius 2 is 1.62 bits per heavy atom. The van der Waals surface area contributed by atoms with Crippen molar-refractivity contribution >= 4 is 12.1 Å². The number of ether oxygens (including phenoxy) is 2. The van der Waals surface area contributed by atoms with Gasteiger partial charge in [0.1, 0.15) is 6.04 Å². The zero-order chi connectivity index (χ0) is 17.6. The normalized spacial score (nSPS) is 16.4. The fourth-order valence-corrected chi connectivity index (χ4v) is 3.17. The lowest BCUT2D eigenvalue weighted by Crippen LogP contribution is -2.47. The van der Waals surface area contributed by atoms with Crippen LogP contribution in [0.5, 0.6) is 0 Å². The summed E-state index contributed by atoms with van der Waals surface area (Å²) in [6.07, 6.45) is 11.2. The van der Waals surface area contributed by atoms with Crippen molar-refractivity contribution in [3.63, 3.8) is 0 Å². The number of hydrogen-bond donors (Lipinski definition) is 1. The molecule has 1 amide bonds. The maximum atomic E-state index is 12.4. The van der Waals surface area contributed by atoms with Crippen molar-refractivity contribution in [1.29, 1.82) is 0 Å². The summed E-state index contributed by atoms with van der Waals surface area (Å²) in [4.78, 5) is 24.3. The monoisotopic (exact) mass is 341 g/mol. The van der Waals surface area contributed by atoms with Gasteiger partial charge in [0, 0.05) is 0 Å². The van der Waals surface area contributed by atoms with Crippen LogP contribution in [0.2, 0.25) is 0 Å². The van der Waals surface area contributed by atoms with Crippen LogP contribution in [0.1, 0.15) is 84.5 Å². The molecule has 1 aliphatic carbocycles. The summed E-state index contributed by atoms with van der Waals surface area (Å²) in [6, 6.07) is -0.565. The molecule has 1 saturated carbocycles. The van der Waals surface area contributed by atoms with Crippen LogP contribution in [0.4, 0.5) is 4.79 Å². The van der Waals surface area contributed by atoms with Gasteiger partial charge in [-0.25, -0.2) is 9.59 Å². The molecule has 0 saturated heterocycles. The zero-order valence-electron chi connectivity index (χ0n) is 15.5. The van der Waals surface area contributed by atoms with E-state index >= 15 is 0 Å². The van der Waals surface area contributed by atoms with E-state index < -0.39 is 12.1 Å². The molecule has 0 bridgehead atoms. The van der Waals surface area contributed by atoms with Gasteiger partial charge in [0.25, 0.3) is 0 Å². The fourth-order valence-electron chi connectivity index (χ4n) is 3.17. The SMILES string of the molecule is CCCCCCCOC(=O)C(NC(=O)OCCC)C1CCCCC1. The van der Waals surface area contributed by atoms with Crippen molar-refractivity contribution in [1.82, 2.24) is 5.32 Å². The summed E-state index contributed by atoms with van der Waals surface area (Å²) in [5.41, 5.74) is 0. The molecule has 1 fully saturated rings. The second-order valence-electron chi connectivity index (χ2n) is 6.74. The number of alkyl carbamates (subject to hydrolysis) is 1. The van der Waals surface area contributed by atoms with E-state index in [0.717, 1.165) is 44.9 Å². The van der Waals surface area contributed by atoms with E-state index in [0.29, 0.717) is 13.2 Å². The molecular formula is C19H35NO4. The van der Waals surface area contributed by atoms with Crippen LogP contribution in [0.15, 0.2) is 0 Å². The fraction of sp³-hybridized carbons (Fsp3) is 0.895. The molecule has 1 unspecified atom stereocenters. The number of carbonyl (C=O) groups excluding carboxylic acids is 2. The van der Waals surface area contributed by atoms with Gasteiger partial charge in [-0.1, -0.05) is 58.8 Å². The molecule has 0 aromatic rings. The summed E-state index contributed by atoms with van der Waals surface area (Å²) < 4.78 is 10.5. The molecule has 1 atom stereocenters. The van der Waals surface area contributed by atoms with Gasteiger partial charge in [-0.2, -0.15) is 0 Å². The number of hydrogen-bond acceptors (Lipinski definition) is 4. The standard InChI is InChI=1S/C19H35NO4/c1-3-5-6-7-11-15-23-18(21)17(16-12-9-8-10-13-16)20-19(22)24-14-4-2/h16-17H,3-15H2,1-2H3,(H,20,22). The van der Waals surface area contributed by atoms with Crippen LogP contribution < -0.4 is 5.32 Å². The minimum absolute atomic E-state index is 0.167. The Labute approximate surface area is 146 Å². The average Bonchev–Trinajstić information content (AvgIpc) is 2.61. The van der Waals surface area contributed by atoms with Crippen LogP contribution in [0.3, 0.4) is 0 Å². The van der Waals surface area contributed by atoms with Crippen molar-refractivity contribution in [3.05, 3.63) is 0 Å². The molecule has 0 heterocycles.